The molecule has 0 spiro atoms. The number of anilines is 2. The van der Waals surface area contributed by atoms with Crippen LogP contribution in [0.3, 0.4) is 0 Å². The molecule has 10 nitrogen and oxygen atoms in total. The number of fused-ring (bicyclic) bond motifs is 4. The molecule has 1 saturated carbocycles. The summed E-state index contributed by atoms with van der Waals surface area (Å²) in [7, 11) is 1.59. The lowest BCUT2D eigenvalue weighted by molar-refractivity contribution is -0.140. The van der Waals surface area contributed by atoms with Crippen LogP contribution in [0.2, 0.25) is 0 Å². The highest BCUT2D eigenvalue weighted by molar-refractivity contribution is 9.10. The lowest BCUT2D eigenvalue weighted by atomic mass is 9.80. The van der Waals surface area contributed by atoms with E-state index in [0.29, 0.717) is 45.4 Å². The summed E-state index contributed by atoms with van der Waals surface area (Å²) in [5.41, 5.74) is 7.54. The second kappa shape index (κ2) is 9.25. The molecule has 1 aliphatic heterocycles. The van der Waals surface area contributed by atoms with Gasteiger partial charge < -0.3 is 25.3 Å². The van der Waals surface area contributed by atoms with E-state index >= 15 is 0 Å². The van der Waals surface area contributed by atoms with Crippen LogP contribution in [0.25, 0.3) is 21.9 Å². The molecule has 0 radical (unpaired) electrons. The molecular weight excluding hydrogens is 606 g/mol. The third-order valence-corrected chi connectivity index (χ3v) is 8.45. The van der Waals surface area contributed by atoms with E-state index in [-0.39, 0.29) is 24.4 Å². The number of ether oxygens (including phenoxy) is 1. The third-order valence-electron chi connectivity index (χ3n) is 7.39. The van der Waals surface area contributed by atoms with Crippen molar-refractivity contribution in [2.75, 3.05) is 18.2 Å². The average Bonchev–Trinajstić information content (AvgIpc) is 3.29. The van der Waals surface area contributed by atoms with Gasteiger partial charge in [0.05, 0.1) is 22.5 Å². The van der Waals surface area contributed by atoms with Crippen LogP contribution < -0.4 is 15.8 Å². The molecule has 190 valence electrons. The standard InChI is InChI=1S/C25H23Br2N7O3/c1-37-18-9-16-13(8-14(18)26)22-23(28)29-11-30-24(22)33(16)10-21(35)34-15-6-5-12(15)7-17(34)25(36)32-20-4-2-3-19(27)31-20/h2-4,8-9,11-12,15,17H,5-7,10H2,1H3,(H2,28,29,30)(H,31,32,36)/t12-,15-,17+/m1/s1. The Morgan fingerprint density at radius 1 is 1.22 bits per heavy atom. The van der Waals surface area contributed by atoms with Crippen LogP contribution in [0.4, 0.5) is 11.6 Å². The zero-order valence-electron chi connectivity index (χ0n) is 19.8. The normalized spacial score (nSPS) is 20.6. The first kappa shape index (κ1) is 24.1. The van der Waals surface area contributed by atoms with Gasteiger partial charge in [-0.1, -0.05) is 6.07 Å². The zero-order valence-corrected chi connectivity index (χ0v) is 23.0. The number of rotatable bonds is 5. The van der Waals surface area contributed by atoms with Crippen molar-refractivity contribution in [2.45, 2.75) is 37.9 Å². The van der Waals surface area contributed by atoms with Crippen molar-refractivity contribution in [1.29, 1.82) is 0 Å². The fourth-order valence-corrected chi connectivity index (χ4v) is 6.42. The molecule has 1 aliphatic carbocycles. The van der Waals surface area contributed by atoms with Gasteiger partial charge in [0.2, 0.25) is 11.8 Å². The Hall–Kier alpha value is -3.25. The Balaban J connectivity index is 1.36. The largest absolute Gasteiger partial charge is 0.495 e. The van der Waals surface area contributed by atoms with E-state index < -0.39 is 6.04 Å². The van der Waals surface area contributed by atoms with E-state index in [1.807, 2.05) is 16.7 Å². The molecule has 6 rings (SSSR count). The van der Waals surface area contributed by atoms with Crippen LogP contribution in [-0.2, 0) is 16.1 Å². The van der Waals surface area contributed by atoms with Gasteiger partial charge in [-0.05, 0) is 75.2 Å². The van der Waals surface area contributed by atoms with E-state index in [9.17, 15) is 9.59 Å². The summed E-state index contributed by atoms with van der Waals surface area (Å²) in [6, 6.07) is 8.56. The van der Waals surface area contributed by atoms with E-state index in [1.54, 1.807) is 30.2 Å². The van der Waals surface area contributed by atoms with Crippen LogP contribution >= 0.6 is 31.9 Å². The molecule has 37 heavy (non-hydrogen) atoms. The van der Waals surface area contributed by atoms with E-state index in [2.05, 4.69) is 52.1 Å². The lowest BCUT2D eigenvalue weighted by Crippen LogP contribution is -2.50. The Kier molecular flexibility index (Phi) is 6.03. The second-order valence-corrected chi connectivity index (χ2v) is 11.0. The SMILES string of the molecule is COc1cc2c(cc1Br)c1c(N)ncnc1n2CC(=O)N1[C@@H]2CC[C@@H]2C[C@H]1C(=O)Nc1cccc(Br)n1. The zero-order chi connectivity index (χ0) is 25.8. The van der Waals surface area contributed by atoms with Crippen LogP contribution in [0.1, 0.15) is 19.3 Å². The highest BCUT2D eigenvalue weighted by Gasteiger charge is 2.51. The average molecular weight is 629 g/mol. The first-order chi connectivity index (χ1) is 17.9. The van der Waals surface area contributed by atoms with Crippen LogP contribution in [0.15, 0.2) is 45.7 Å². The highest BCUT2D eigenvalue weighted by atomic mass is 79.9. The first-order valence-electron chi connectivity index (χ1n) is 11.9. The van der Waals surface area contributed by atoms with Gasteiger partial charge in [-0.3, -0.25) is 9.59 Å². The van der Waals surface area contributed by atoms with Gasteiger partial charge in [-0.2, -0.15) is 0 Å². The summed E-state index contributed by atoms with van der Waals surface area (Å²) in [4.78, 5) is 41.9. The van der Waals surface area contributed by atoms with Gasteiger partial charge >= 0.3 is 0 Å². The summed E-state index contributed by atoms with van der Waals surface area (Å²) in [5, 5.41) is 4.37. The number of hydrogen-bond acceptors (Lipinski definition) is 7. The lowest BCUT2D eigenvalue weighted by Gasteiger charge is -2.37. The molecule has 1 saturated heterocycles. The number of carbonyl (C=O) groups excluding carboxylic acids is 2. The maximum atomic E-state index is 13.9. The van der Waals surface area contributed by atoms with Crippen LogP contribution in [0, 0.1) is 5.92 Å². The minimum absolute atomic E-state index is 0.00335. The number of nitrogen functional groups attached to an aromatic ring is 1. The third kappa shape index (κ3) is 4.02. The number of nitrogens with zero attached hydrogens (tertiary/aromatic N) is 5. The summed E-state index contributed by atoms with van der Waals surface area (Å²) in [5.74, 6) is 1.34. The summed E-state index contributed by atoms with van der Waals surface area (Å²) < 4.78 is 8.72. The number of carbonyl (C=O) groups is 2. The van der Waals surface area contributed by atoms with Crippen molar-refractivity contribution in [1.82, 2.24) is 24.4 Å². The van der Waals surface area contributed by atoms with Gasteiger partial charge in [0.15, 0.2) is 0 Å². The van der Waals surface area contributed by atoms with Crippen molar-refractivity contribution in [2.24, 2.45) is 5.92 Å². The fraction of sp³-hybridized carbons (Fsp3) is 0.320. The number of aromatic nitrogens is 4. The topological polar surface area (TPSA) is 128 Å². The number of methoxy groups -OCH3 is 1. The van der Waals surface area contributed by atoms with Gasteiger partial charge in [-0.15, -0.1) is 0 Å². The number of pyridine rings is 1. The van der Waals surface area contributed by atoms with Gasteiger partial charge in [0.1, 0.15) is 46.5 Å². The molecule has 3 aromatic heterocycles. The van der Waals surface area contributed by atoms with E-state index in [4.69, 9.17) is 10.5 Å². The van der Waals surface area contributed by atoms with Crippen molar-refractivity contribution in [3.8, 4) is 5.75 Å². The van der Waals surface area contributed by atoms with Crippen molar-refractivity contribution in [3.05, 3.63) is 45.7 Å². The van der Waals surface area contributed by atoms with E-state index in [0.717, 1.165) is 28.2 Å². The van der Waals surface area contributed by atoms with E-state index in [1.165, 1.54) is 6.33 Å². The maximum Gasteiger partial charge on any atom is 0.248 e. The Bertz CT molecular complexity index is 1570. The predicted octanol–water partition coefficient (Wildman–Crippen LogP) is 4.11. The van der Waals surface area contributed by atoms with Gasteiger partial charge in [0, 0.05) is 17.5 Å². The monoisotopic (exact) mass is 627 g/mol. The predicted molar refractivity (Wildman–Crippen MR) is 146 cm³/mol. The molecule has 1 aromatic carbocycles. The molecule has 3 N–H and O–H groups in total. The molecule has 12 heteroatoms. The van der Waals surface area contributed by atoms with Crippen molar-refractivity contribution >= 4 is 77.2 Å². The summed E-state index contributed by atoms with van der Waals surface area (Å²) >= 11 is 6.87. The van der Waals surface area contributed by atoms with Crippen molar-refractivity contribution in [3.63, 3.8) is 0 Å². The Labute approximate surface area is 228 Å². The number of benzene rings is 1. The van der Waals surface area contributed by atoms with Crippen LogP contribution in [0.5, 0.6) is 5.75 Å². The Morgan fingerprint density at radius 2 is 2.05 bits per heavy atom. The molecule has 2 fully saturated rings. The van der Waals surface area contributed by atoms with Crippen molar-refractivity contribution < 1.29 is 14.3 Å². The number of likely N-dealkylation sites (tertiary alicyclic amines) is 1. The fourth-order valence-electron chi connectivity index (χ4n) is 5.57. The molecule has 0 unspecified atom stereocenters. The number of nitrogens with two attached hydrogens (primary N) is 1. The quantitative estimate of drug-likeness (QED) is 0.318. The minimum Gasteiger partial charge on any atom is -0.495 e. The summed E-state index contributed by atoms with van der Waals surface area (Å²) in [6.45, 7) is 0.00335. The molecule has 0 bridgehead atoms. The van der Waals surface area contributed by atoms with Crippen LogP contribution in [-0.4, -0.2) is 55.4 Å². The number of amides is 2. The molecule has 2 amide bonds. The molecule has 2 aliphatic rings. The highest BCUT2D eigenvalue weighted by Crippen LogP contribution is 2.44. The Morgan fingerprint density at radius 3 is 2.78 bits per heavy atom. The van der Waals surface area contributed by atoms with Gasteiger partial charge in [0.25, 0.3) is 0 Å². The number of halogens is 2. The first-order valence-corrected chi connectivity index (χ1v) is 13.4. The summed E-state index contributed by atoms with van der Waals surface area (Å²) in [6.07, 6.45) is 3.93. The molecular formula is C25H23Br2N7O3. The second-order valence-electron chi connectivity index (χ2n) is 9.34. The number of hydrogen-bond donors (Lipinski definition) is 2. The number of nitrogens with one attached hydrogen (secondary N) is 1. The van der Waals surface area contributed by atoms with Gasteiger partial charge in [-0.25, -0.2) is 15.0 Å². The smallest absolute Gasteiger partial charge is 0.248 e. The molecule has 4 heterocycles. The molecule has 4 aromatic rings. The minimum atomic E-state index is -0.567. The molecule has 3 atom stereocenters. The maximum absolute atomic E-state index is 13.9.